The summed E-state index contributed by atoms with van der Waals surface area (Å²) in [5.74, 6) is 0.716. The minimum atomic E-state index is -0.653. The summed E-state index contributed by atoms with van der Waals surface area (Å²) in [4.78, 5) is 29.0. The van der Waals surface area contributed by atoms with Crippen molar-refractivity contribution in [2.24, 2.45) is 0 Å². The van der Waals surface area contributed by atoms with Crippen LogP contribution in [-0.4, -0.2) is 16.9 Å². The molecule has 0 saturated heterocycles. The van der Waals surface area contributed by atoms with E-state index in [9.17, 15) is 9.59 Å². The van der Waals surface area contributed by atoms with Gasteiger partial charge in [-0.25, -0.2) is 4.79 Å². The second-order valence-corrected chi connectivity index (χ2v) is 6.99. The lowest BCUT2D eigenvalue weighted by atomic mass is 10.2. The molecule has 3 aromatic rings. The predicted octanol–water partition coefficient (Wildman–Crippen LogP) is 4.93. The molecule has 0 fully saturated rings. The van der Waals surface area contributed by atoms with Crippen LogP contribution in [0, 0.1) is 0 Å². The van der Waals surface area contributed by atoms with Crippen LogP contribution in [0.25, 0.3) is 0 Å². The molecule has 0 spiro atoms. The number of carbonyl (C=O) groups is 2. The molecule has 0 saturated carbocycles. The van der Waals surface area contributed by atoms with E-state index < -0.39 is 6.09 Å². The number of nitrogens with one attached hydrogen (secondary N) is 1. The Morgan fingerprint density at radius 2 is 2.08 bits per heavy atom. The van der Waals surface area contributed by atoms with Crippen molar-refractivity contribution < 1.29 is 18.7 Å². The molecule has 8 heteroatoms. The van der Waals surface area contributed by atoms with Gasteiger partial charge >= 0.3 is 6.09 Å². The number of carbonyl (C=O) groups excluding carboxylic acids is 2. The zero-order valence-corrected chi connectivity index (χ0v) is 15.4. The van der Waals surface area contributed by atoms with Gasteiger partial charge in [-0.15, -0.1) is 11.3 Å². The van der Waals surface area contributed by atoms with Gasteiger partial charge in [0.15, 0.2) is 11.6 Å². The van der Waals surface area contributed by atoms with Crippen molar-refractivity contribution >= 4 is 40.6 Å². The van der Waals surface area contributed by atoms with E-state index in [1.54, 1.807) is 24.3 Å². The first kappa shape index (κ1) is 18.2. The van der Waals surface area contributed by atoms with E-state index in [4.69, 9.17) is 20.8 Å². The van der Waals surface area contributed by atoms with E-state index >= 15 is 0 Å². The minimum Gasteiger partial charge on any atom is -0.446 e. The number of oxazole rings is 1. The zero-order chi connectivity index (χ0) is 18.5. The predicted molar refractivity (Wildman–Crippen MR) is 98.9 cm³/mol. The molecular formula is C18H15ClN2O4S. The largest absolute Gasteiger partial charge is 0.446 e. The maximum absolute atomic E-state index is 11.8. The number of halogens is 1. The molecule has 3 rings (SSSR count). The average molecular weight is 391 g/mol. The molecule has 0 radical (unpaired) electrons. The number of ether oxygens (including phenoxy) is 1. The first-order valence-corrected chi connectivity index (χ1v) is 8.92. The summed E-state index contributed by atoms with van der Waals surface area (Å²) in [6, 6.07) is 10.8. The van der Waals surface area contributed by atoms with Crippen LogP contribution in [-0.2, 0) is 17.8 Å². The molecule has 26 heavy (non-hydrogen) atoms. The lowest BCUT2D eigenvalue weighted by Crippen LogP contribution is -2.13. The van der Waals surface area contributed by atoms with Crippen molar-refractivity contribution in [2.75, 3.05) is 5.32 Å². The molecule has 0 bridgehead atoms. The molecule has 0 atom stereocenters. The van der Waals surface area contributed by atoms with Crippen molar-refractivity contribution in [1.29, 1.82) is 0 Å². The first-order chi connectivity index (χ1) is 12.5. The number of nitrogens with zero attached hydrogens (tertiary/aromatic N) is 1. The highest BCUT2D eigenvalue weighted by atomic mass is 35.5. The van der Waals surface area contributed by atoms with Gasteiger partial charge in [-0.1, -0.05) is 29.8 Å². The summed E-state index contributed by atoms with van der Waals surface area (Å²) in [6.45, 7) is 1.58. The Balaban J connectivity index is 1.53. The molecule has 2 heterocycles. The fourth-order valence-corrected chi connectivity index (χ4v) is 3.24. The van der Waals surface area contributed by atoms with E-state index in [2.05, 4.69) is 10.3 Å². The van der Waals surface area contributed by atoms with Crippen molar-refractivity contribution in [3.05, 3.63) is 68.9 Å². The van der Waals surface area contributed by atoms with Crippen LogP contribution in [0.4, 0.5) is 10.6 Å². The van der Waals surface area contributed by atoms with E-state index in [0.29, 0.717) is 27.8 Å². The number of hydrogen-bond donors (Lipinski definition) is 1. The summed E-state index contributed by atoms with van der Waals surface area (Å²) in [5.41, 5.74) is 0.712. The maximum Gasteiger partial charge on any atom is 0.413 e. The molecule has 1 amide bonds. The molecule has 2 aromatic heterocycles. The quantitative estimate of drug-likeness (QED) is 0.603. The van der Waals surface area contributed by atoms with Gasteiger partial charge in [0, 0.05) is 15.5 Å². The highest BCUT2D eigenvalue weighted by Crippen LogP contribution is 2.21. The fraction of sp³-hybridized carbons (Fsp3) is 0.167. The van der Waals surface area contributed by atoms with E-state index in [0.717, 1.165) is 4.88 Å². The molecule has 6 nitrogen and oxygen atoms in total. The van der Waals surface area contributed by atoms with Crippen LogP contribution in [0.2, 0.25) is 5.02 Å². The average Bonchev–Trinajstić information content (AvgIpc) is 3.24. The maximum atomic E-state index is 11.8. The Hall–Kier alpha value is -2.64. The first-order valence-electron chi connectivity index (χ1n) is 7.72. The molecule has 1 aromatic carbocycles. The summed E-state index contributed by atoms with van der Waals surface area (Å²) in [5, 5.41) is 3.03. The number of ketones is 1. The van der Waals surface area contributed by atoms with Crippen LogP contribution < -0.4 is 5.32 Å². The number of amides is 1. The van der Waals surface area contributed by atoms with Crippen LogP contribution in [0.1, 0.15) is 32.9 Å². The standard InChI is InChI=1S/C18H15ClN2O4S/c1-11(22)15-7-6-13(26-15)8-17-20-16(10-24-17)21-18(23)25-9-12-4-2-3-5-14(12)19/h2-7,10H,8-9H2,1H3,(H,21,23). The normalized spacial score (nSPS) is 10.5. The van der Waals surface area contributed by atoms with Crippen LogP contribution >= 0.6 is 22.9 Å². The lowest BCUT2D eigenvalue weighted by molar-refractivity contribution is 0.102. The Morgan fingerprint density at radius 1 is 1.27 bits per heavy atom. The Labute approximate surface area is 158 Å². The minimum absolute atomic E-state index is 0.0253. The summed E-state index contributed by atoms with van der Waals surface area (Å²) >= 11 is 7.40. The molecule has 134 valence electrons. The van der Waals surface area contributed by atoms with Gasteiger partial charge in [-0.2, -0.15) is 4.98 Å². The topological polar surface area (TPSA) is 81.4 Å². The Kier molecular flexibility index (Phi) is 5.70. The second kappa shape index (κ2) is 8.16. The molecular weight excluding hydrogens is 376 g/mol. The monoisotopic (exact) mass is 390 g/mol. The Bertz CT molecular complexity index is 935. The third-order valence-electron chi connectivity index (χ3n) is 3.43. The molecule has 1 N–H and O–H groups in total. The lowest BCUT2D eigenvalue weighted by Gasteiger charge is -2.06. The smallest absolute Gasteiger partial charge is 0.413 e. The van der Waals surface area contributed by atoms with Crippen molar-refractivity contribution in [3.8, 4) is 0 Å². The third-order valence-corrected chi connectivity index (χ3v) is 4.99. The number of anilines is 1. The van der Waals surface area contributed by atoms with E-state index in [1.807, 2.05) is 12.1 Å². The van der Waals surface area contributed by atoms with E-state index in [-0.39, 0.29) is 18.2 Å². The van der Waals surface area contributed by atoms with E-state index in [1.165, 1.54) is 24.5 Å². The zero-order valence-electron chi connectivity index (χ0n) is 13.8. The van der Waals surface area contributed by atoms with Gasteiger partial charge in [0.1, 0.15) is 12.9 Å². The van der Waals surface area contributed by atoms with Gasteiger partial charge in [0.05, 0.1) is 11.3 Å². The van der Waals surface area contributed by atoms with Crippen molar-refractivity contribution in [1.82, 2.24) is 4.98 Å². The van der Waals surface area contributed by atoms with Gasteiger partial charge in [-0.05, 0) is 25.1 Å². The highest BCUT2D eigenvalue weighted by Gasteiger charge is 2.12. The van der Waals surface area contributed by atoms with Crippen LogP contribution in [0.5, 0.6) is 0 Å². The van der Waals surface area contributed by atoms with Crippen molar-refractivity contribution in [3.63, 3.8) is 0 Å². The van der Waals surface area contributed by atoms with Crippen LogP contribution in [0.15, 0.2) is 47.1 Å². The van der Waals surface area contributed by atoms with Gasteiger partial charge in [0.25, 0.3) is 0 Å². The highest BCUT2D eigenvalue weighted by molar-refractivity contribution is 7.14. The number of hydrogen-bond acceptors (Lipinski definition) is 6. The number of rotatable bonds is 6. The molecule has 0 aliphatic carbocycles. The number of thiophene rings is 1. The summed E-state index contributed by atoms with van der Waals surface area (Å²) in [7, 11) is 0. The second-order valence-electron chi connectivity index (χ2n) is 5.42. The van der Waals surface area contributed by atoms with Gasteiger partial charge < -0.3 is 9.15 Å². The molecule has 0 unspecified atom stereocenters. The number of Topliss-reactive ketones (excluding diaryl/α,β-unsaturated/α-hetero) is 1. The van der Waals surface area contributed by atoms with Crippen LogP contribution in [0.3, 0.4) is 0 Å². The number of benzene rings is 1. The Morgan fingerprint density at radius 3 is 2.81 bits per heavy atom. The number of aromatic nitrogens is 1. The SMILES string of the molecule is CC(=O)c1ccc(Cc2nc(NC(=O)OCc3ccccc3Cl)co2)s1. The summed E-state index contributed by atoms with van der Waals surface area (Å²) < 4.78 is 10.5. The van der Waals surface area contributed by atoms with Crippen molar-refractivity contribution in [2.45, 2.75) is 20.0 Å². The third kappa shape index (κ3) is 4.71. The summed E-state index contributed by atoms with van der Waals surface area (Å²) in [6.07, 6.45) is 1.12. The van der Waals surface area contributed by atoms with Gasteiger partial charge in [0.2, 0.25) is 5.89 Å². The molecule has 0 aliphatic heterocycles. The van der Waals surface area contributed by atoms with Gasteiger partial charge in [-0.3, -0.25) is 10.1 Å². The molecule has 0 aliphatic rings. The fourth-order valence-electron chi connectivity index (χ4n) is 2.16.